The van der Waals surface area contributed by atoms with E-state index in [1.807, 2.05) is 20.8 Å². The van der Waals surface area contributed by atoms with Crippen molar-refractivity contribution in [3.63, 3.8) is 0 Å². The Balaban J connectivity index is 2.33. The first kappa shape index (κ1) is 17.9. The molecule has 0 atom stereocenters. The van der Waals surface area contributed by atoms with Crippen molar-refractivity contribution >= 4 is 21.7 Å². The molecule has 0 bridgehead atoms. The lowest BCUT2D eigenvalue weighted by Crippen LogP contribution is -2.27. The Morgan fingerprint density at radius 3 is 2.08 bits per heavy atom. The maximum atomic E-state index is 12.7. The number of pyridine rings is 1. The number of anilines is 1. The molecule has 0 aliphatic carbocycles. The van der Waals surface area contributed by atoms with Crippen LogP contribution in [0.4, 0.5) is 5.69 Å². The molecule has 0 saturated carbocycles. The largest absolute Gasteiger partial charge is 0.478 e. The second-order valence-corrected chi connectivity index (χ2v) is 8.42. The van der Waals surface area contributed by atoms with Crippen LogP contribution in [-0.2, 0) is 15.4 Å². The lowest BCUT2D eigenvalue weighted by Gasteiger charge is -2.21. The van der Waals surface area contributed by atoms with Gasteiger partial charge in [0.2, 0.25) is 0 Å². The zero-order valence-electron chi connectivity index (χ0n) is 14.0. The first-order valence-electron chi connectivity index (χ1n) is 7.32. The van der Waals surface area contributed by atoms with Crippen LogP contribution in [0.2, 0.25) is 0 Å². The molecule has 1 heterocycles. The molecule has 2 rings (SSSR count). The molecule has 1 N–H and O–H groups in total. The van der Waals surface area contributed by atoms with Crippen LogP contribution in [-0.4, -0.2) is 31.5 Å². The van der Waals surface area contributed by atoms with E-state index in [0.29, 0.717) is 5.69 Å². The minimum Gasteiger partial charge on any atom is -0.478 e. The highest BCUT2D eigenvalue weighted by molar-refractivity contribution is 7.92. The van der Waals surface area contributed by atoms with Gasteiger partial charge in [0, 0.05) is 24.4 Å². The third kappa shape index (κ3) is 3.56. The fourth-order valence-corrected chi connectivity index (χ4v) is 3.23. The molecule has 0 aliphatic heterocycles. The number of carbonyl (C=O) groups is 1. The summed E-state index contributed by atoms with van der Waals surface area (Å²) < 4.78 is 26.5. The monoisotopic (exact) mass is 348 g/mol. The summed E-state index contributed by atoms with van der Waals surface area (Å²) in [6, 6.07) is 8.88. The molecule has 0 amide bonds. The summed E-state index contributed by atoms with van der Waals surface area (Å²) >= 11 is 0. The van der Waals surface area contributed by atoms with E-state index in [2.05, 4.69) is 4.98 Å². The van der Waals surface area contributed by atoms with Crippen molar-refractivity contribution in [2.75, 3.05) is 11.4 Å². The molecule has 2 aromatic rings. The topological polar surface area (TPSA) is 87.6 Å². The SMILES string of the molecule is CN(c1ccc(C(=O)O)cc1)S(=O)(=O)c1ccc(C(C)(C)C)nc1. The van der Waals surface area contributed by atoms with Gasteiger partial charge in [-0.1, -0.05) is 20.8 Å². The van der Waals surface area contributed by atoms with Gasteiger partial charge in [-0.25, -0.2) is 13.2 Å². The van der Waals surface area contributed by atoms with Gasteiger partial charge in [-0.2, -0.15) is 0 Å². The van der Waals surface area contributed by atoms with Crippen molar-refractivity contribution in [1.82, 2.24) is 4.98 Å². The zero-order valence-corrected chi connectivity index (χ0v) is 14.8. The summed E-state index contributed by atoms with van der Waals surface area (Å²) in [7, 11) is -2.34. The number of benzene rings is 1. The lowest BCUT2D eigenvalue weighted by atomic mass is 9.92. The van der Waals surface area contributed by atoms with E-state index >= 15 is 0 Å². The molecule has 1 aromatic heterocycles. The second-order valence-electron chi connectivity index (χ2n) is 6.45. The lowest BCUT2D eigenvalue weighted by molar-refractivity contribution is 0.0697. The Hall–Kier alpha value is -2.41. The smallest absolute Gasteiger partial charge is 0.335 e. The molecule has 6 nitrogen and oxygen atoms in total. The van der Waals surface area contributed by atoms with Crippen molar-refractivity contribution in [1.29, 1.82) is 0 Å². The maximum absolute atomic E-state index is 12.7. The maximum Gasteiger partial charge on any atom is 0.335 e. The second kappa shape index (κ2) is 6.24. The minimum atomic E-state index is -3.76. The van der Waals surface area contributed by atoms with Crippen LogP contribution in [0.15, 0.2) is 47.5 Å². The van der Waals surface area contributed by atoms with Crippen LogP contribution in [0.25, 0.3) is 0 Å². The van der Waals surface area contributed by atoms with Gasteiger partial charge in [0.05, 0.1) is 11.3 Å². The molecule has 128 valence electrons. The highest BCUT2D eigenvalue weighted by Crippen LogP contribution is 2.24. The van der Waals surface area contributed by atoms with Gasteiger partial charge in [-0.05, 0) is 36.4 Å². The molecule has 0 saturated heterocycles. The predicted octanol–water partition coefficient (Wildman–Crippen LogP) is 2.90. The van der Waals surface area contributed by atoms with Crippen molar-refractivity contribution < 1.29 is 18.3 Å². The number of hydrogen-bond acceptors (Lipinski definition) is 4. The van der Waals surface area contributed by atoms with E-state index in [0.717, 1.165) is 10.00 Å². The highest BCUT2D eigenvalue weighted by Gasteiger charge is 2.23. The summed E-state index contributed by atoms with van der Waals surface area (Å²) in [5.41, 5.74) is 1.11. The van der Waals surface area contributed by atoms with Gasteiger partial charge in [0.1, 0.15) is 4.90 Å². The molecule has 7 heteroatoms. The average molecular weight is 348 g/mol. The van der Waals surface area contributed by atoms with E-state index in [4.69, 9.17) is 5.11 Å². The number of aromatic carboxylic acids is 1. The molecule has 0 radical (unpaired) electrons. The van der Waals surface area contributed by atoms with Crippen LogP contribution < -0.4 is 4.31 Å². The van der Waals surface area contributed by atoms with E-state index in [9.17, 15) is 13.2 Å². The Kier molecular flexibility index (Phi) is 4.66. The third-order valence-electron chi connectivity index (χ3n) is 3.64. The van der Waals surface area contributed by atoms with E-state index < -0.39 is 16.0 Å². The Morgan fingerprint density at radius 2 is 1.67 bits per heavy atom. The van der Waals surface area contributed by atoms with Gasteiger partial charge in [0.15, 0.2) is 0 Å². The van der Waals surface area contributed by atoms with Crippen molar-refractivity contribution in [3.8, 4) is 0 Å². The number of aromatic nitrogens is 1. The number of nitrogens with zero attached hydrogens (tertiary/aromatic N) is 2. The first-order valence-corrected chi connectivity index (χ1v) is 8.76. The molecule has 0 unspecified atom stereocenters. The quantitative estimate of drug-likeness (QED) is 0.918. The van der Waals surface area contributed by atoms with Gasteiger partial charge in [0.25, 0.3) is 10.0 Å². The average Bonchev–Trinajstić information content (AvgIpc) is 2.53. The molecular weight excluding hydrogens is 328 g/mol. The van der Waals surface area contributed by atoms with Gasteiger partial charge >= 0.3 is 5.97 Å². The molecule has 0 fully saturated rings. The van der Waals surface area contributed by atoms with Crippen molar-refractivity contribution in [2.45, 2.75) is 31.1 Å². The zero-order chi connectivity index (χ0) is 18.1. The number of rotatable bonds is 4. The van der Waals surface area contributed by atoms with Gasteiger partial charge in [-0.15, -0.1) is 0 Å². The first-order chi connectivity index (χ1) is 11.0. The van der Waals surface area contributed by atoms with Crippen LogP contribution in [0.1, 0.15) is 36.8 Å². The fourth-order valence-electron chi connectivity index (χ4n) is 2.09. The van der Waals surface area contributed by atoms with Crippen LogP contribution in [0, 0.1) is 0 Å². The highest BCUT2D eigenvalue weighted by atomic mass is 32.2. The molecule has 0 aliphatic rings. The van der Waals surface area contributed by atoms with Crippen molar-refractivity contribution in [2.24, 2.45) is 0 Å². The van der Waals surface area contributed by atoms with Gasteiger partial charge in [-0.3, -0.25) is 9.29 Å². The van der Waals surface area contributed by atoms with Crippen LogP contribution in [0.3, 0.4) is 0 Å². The number of carboxylic acid groups (broad SMARTS) is 1. The number of carboxylic acids is 1. The van der Waals surface area contributed by atoms with Crippen LogP contribution >= 0.6 is 0 Å². The molecular formula is C17H20N2O4S. The normalized spacial score (nSPS) is 12.0. The summed E-state index contributed by atoms with van der Waals surface area (Å²) in [6.45, 7) is 6.00. The summed E-state index contributed by atoms with van der Waals surface area (Å²) in [5, 5.41) is 8.90. The Labute approximate surface area is 141 Å². The van der Waals surface area contributed by atoms with Crippen LogP contribution in [0.5, 0.6) is 0 Å². The Bertz CT molecular complexity index is 836. The van der Waals surface area contributed by atoms with E-state index in [1.54, 1.807) is 6.07 Å². The van der Waals surface area contributed by atoms with E-state index in [1.165, 1.54) is 43.6 Å². The number of sulfonamides is 1. The third-order valence-corrected chi connectivity index (χ3v) is 5.41. The Morgan fingerprint density at radius 1 is 1.08 bits per heavy atom. The molecule has 0 spiro atoms. The summed E-state index contributed by atoms with van der Waals surface area (Å²) in [4.78, 5) is 15.2. The van der Waals surface area contributed by atoms with E-state index in [-0.39, 0.29) is 15.9 Å². The summed E-state index contributed by atoms with van der Waals surface area (Å²) in [6.07, 6.45) is 1.35. The molecule has 1 aromatic carbocycles. The van der Waals surface area contributed by atoms with Gasteiger partial charge < -0.3 is 5.11 Å². The minimum absolute atomic E-state index is 0.0836. The standard InChI is InChI=1S/C17H20N2O4S/c1-17(2,3)15-10-9-14(11-18-15)24(22,23)19(4)13-7-5-12(6-8-13)16(20)21/h5-11H,1-4H3,(H,20,21). The predicted molar refractivity (Wildman–Crippen MR) is 91.9 cm³/mol. The molecule has 24 heavy (non-hydrogen) atoms. The summed E-state index contributed by atoms with van der Waals surface area (Å²) in [5.74, 6) is -1.06. The number of hydrogen-bond donors (Lipinski definition) is 1. The fraction of sp³-hybridized carbons (Fsp3) is 0.294. The van der Waals surface area contributed by atoms with Crippen molar-refractivity contribution in [3.05, 3.63) is 53.9 Å².